The van der Waals surface area contributed by atoms with Crippen molar-refractivity contribution in [1.82, 2.24) is 14.5 Å². The molecule has 5 nitrogen and oxygen atoms in total. The van der Waals surface area contributed by atoms with E-state index in [-0.39, 0.29) is 5.91 Å². The molecule has 1 N–H and O–H groups in total. The summed E-state index contributed by atoms with van der Waals surface area (Å²) < 4.78 is 1.86. The molecule has 6 heteroatoms. The van der Waals surface area contributed by atoms with Gasteiger partial charge in [0.25, 0.3) is 0 Å². The summed E-state index contributed by atoms with van der Waals surface area (Å²) >= 11 is 5.86. The van der Waals surface area contributed by atoms with Crippen LogP contribution in [0.15, 0.2) is 55.0 Å². The molecule has 0 aliphatic rings. The van der Waals surface area contributed by atoms with Crippen molar-refractivity contribution >= 4 is 23.5 Å². The van der Waals surface area contributed by atoms with E-state index in [1.54, 1.807) is 18.6 Å². The van der Waals surface area contributed by atoms with Crippen molar-refractivity contribution in [2.24, 2.45) is 7.05 Å². The van der Waals surface area contributed by atoms with Gasteiger partial charge >= 0.3 is 0 Å². The molecule has 2 heterocycles. The first-order valence-corrected chi connectivity index (χ1v) is 7.97. The Morgan fingerprint density at radius 1 is 1.17 bits per heavy atom. The number of hydrogen-bond acceptors (Lipinski definition) is 3. The van der Waals surface area contributed by atoms with Crippen molar-refractivity contribution in [3.05, 3.63) is 65.6 Å². The molecule has 0 spiro atoms. The predicted octanol–water partition coefficient (Wildman–Crippen LogP) is 3.71. The number of nitrogens with one attached hydrogen (secondary N) is 1. The average molecular weight is 341 g/mol. The molecule has 0 atom stereocenters. The van der Waals surface area contributed by atoms with Gasteiger partial charge in [-0.3, -0.25) is 15.1 Å². The molecule has 24 heavy (non-hydrogen) atoms. The van der Waals surface area contributed by atoms with E-state index in [1.807, 2.05) is 48.0 Å². The van der Waals surface area contributed by atoms with Gasteiger partial charge in [-0.05, 0) is 36.2 Å². The lowest BCUT2D eigenvalue weighted by Gasteiger charge is -2.07. The maximum absolute atomic E-state index is 12.2. The summed E-state index contributed by atoms with van der Waals surface area (Å²) in [5.74, 6) is 0.461. The molecule has 3 aromatic rings. The highest BCUT2D eigenvalue weighted by Crippen LogP contribution is 2.21. The molecule has 0 bridgehead atoms. The third-order valence-electron chi connectivity index (χ3n) is 3.77. The third-order valence-corrected chi connectivity index (χ3v) is 4.02. The number of hydrogen-bond donors (Lipinski definition) is 1. The van der Waals surface area contributed by atoms with Crippen LogP contribution in [0.3, 0.4) is 0 Å². The third kappa shape index (κ3) is 3.81. The zero-order chi connectivity index (χ0) is 16.9. The number of carbonyl (C=O) groups is 1. The maximum atomic E-state index is 12.2. The van der Waals surface area contributed by atoms with Crippen LogP contribution in [-0.4, -0.2) is 20.4 Å². The van der Waals surface area contributed by atoms with Crippen LogP contribution >= 0.6 is 11.6 Å². The van der Waals surface area contributed by atoms with Crippen LogP contribution in [0, 0.1) is 0 Å². The highest BCUT2D eigenvalue weighted by Gasteiger charge is 2.11. The van der Waals surface area contributed by atoms with Crippen molar-refractivity contribution in [3.63, 3.8) is 0 Å². The molecule has 0 saturated heterocycles. The summed E-state index contributed by atoms with van der Waals surface area (Å²) in [6.45, 7) is 0. The summed E-state index contributed by atoms with van der Waals surface area (Å²) in [5.41, 5.74) is 3.00. The predicted molar refractivity (Wildman–Crippen MR) is 94.8 cm³/mol. The minimum atomic E-state index is -0.0695. The Kier molecular flexibility index (Phi) is 4.91. The molecule has 2 aromatic heterocycles. The minimum Gasteiger partial charge on any atom is -0.313 e. The molecule has 1 aromatic carbocycles. The van der Waals surface area contributed by atoms with Gasteiger partial charge in [-0.15, -0.1) is 0 Å². The van der Waals surface area contributed by atoms with E-state index >= 15 is 0 Å². The van der Waals surface area contributed by atoms with Gasteiger partial charge in [-0.2, -0.15) is 0 Å². The number of aromatic nitrogens is 3. The van der Waals surface area contributed by atoms with Crippen LogP contribution in [-0.2, 0) is 18.3 Å². The zero-order valence-electron chi connectivity index (χ0n) is 13.2. The number of pyridine rings is 1. The van der Waals surface area contributed by atoms with Crippen LogP contribution < -0.4 is 5.32 Å². The smallest absolute Gasteiger partial charge is 0.227 e. The van der Waals surface area contributed by atoms with Gasteiger partial charge in [-0.1, -0.05) is 23.7 Å². The van der Waals surface area contributed by atoms with Gasteiger partial charge in [0.2, 0.25) is 11.9 Å². The fourth-order valence-electron chi connectivity index (χ4n) is 2.41. The van der Waals surface area contributed by atoms with Gasteiger partial charge in [0.1, 0.15) is 0 Å². The number of aryl methyl sites for hydroxylation is 1. The number of halogens is 1. The molecule has 3 rings (SSSR count). The highest BCUT2D eigenvalue weighted by molar-refractivity contribution is 6.30. The first-order chi connectivity index (χ1) is 11.6. The lowest BCUT2D eigenvalue weighted by atomic mass is 10.1. The van der Waals surface area contributed by atoms with Gasteiger partial charge in [0.15, 0.2) is 0 Å². The number of imidazole rings is 1. The van der Waals surface area contributed by atoms with Crippen LogP contribution in [0.25, 0.3) is 11.3 Å². The Morgan fingerprint density at radius 3 is 2.58 bits per heavy atom. The van der Waals surface area contributed by atoms with E-state index in [9.17, 15) is 4.79 Å². The van der Waals surface area contributed by atoms with Gasteiger partial charge in [0, 0.05) is 36.4 Å². The summed E-state index contributed by atoms with van der Waals surface area (Å²) in [5, 5.41) is 3.55. The molecule has 0 radical (unpaired) electrons. The Hall–Kier alpha value is -2.66. The number of rotatable bonds is 5. The number of anilines is 1. The molecule has 1 amide bonds. The Labute approximate surface area is 145 Å². The van der Waals surface area contributed by atoms with Crippen molar-refractivity contribution in [3.8, 4) is 11.3 Å². The van der Waals surface area contributed by atoms with E-state index in [0.29, 0.717) is 23.8 Å². The van der Waals surface area contributed by atoms with Crippen molar-refractivity contribution in [1.29, 1.82) is 0 Å². The normalized spacial score (nSPS) is 10.6. The van der Waals surface area contributed by atoms with Crippen molar-refractivity contribution in [2.75, 3.05) is 5.32 Å². The summed E-state index contributed by atoms with van der Waals surface area (Å²) in [6, 6.07) is 11.3. The van der Waals surface area contributed by atoms with Crippen molar-refractivity contribution < 1.29 is 4.79 Å². The van der Waals surface area contributed by atoms with Gasteiger partial charge < -0.3 is 4.57 Å². The Balaban J connectivity index is 1.63. The molecule has 122 valence electrons. The Morgan fingerprint density at radius 2 is 1.88 bits per heavy atom. The van der Waals surface area contributed by atoms with Crippen LogP contribution in [0.2, 0.25) is 5.02 Å². The molecular weight excluding hydrogens is 324 g/mol. The van der Waals surface area contributed by atoms with E-state index in [0.717, 1.165) is 16.8 Å². The largest absolute Gasteiger partial charge is 0.313 e. The van der Waals surface area contributed by atoms with Gasteiger partial charge in [0.05, 0.1) is 11.9 Å². The van der Waals surface area contributed by atoms with Crippen LogP contribution in [0.1, 0.15) is 12.0 Å². The monoisotopic (exact) mass is 340 g/mol. The molecule has 0 aliphatic carbocycles. The quantitative estimate of drug-likeness (QED) is 0.770. The average Bonchev–Trinajstić information content (AvgIpc) is 2.96. The fourth-order valence-corrected chi connectivity index (χ4v) is 2.54. The second kappa shape index (κ2) is 7.27. The van der Waals surface area contributed by atoms with E-state index in [4.69, 9.17) is 11.6 Å². The zero-order valence-corrected chi connectivity index (χ0v) is 14.0. The first-order valence-electron chi connectivity index (χ1n) is 7.60. The van der Waals surface area contributed by atoms with Gasteiger partial charge in [-0.25, -0.2) is 4.98 Å². The summed E-state index contributed by atoms with van der Waals surface area (Å²) in [7, 11) is 1.87. The summed E-state index contributed by atoms with van der Waals surface area (Å²) in [6.07, 6.45) is 6.24. The Bertz CT molecular complexity index is 828. The fraction of sp³-hybridized carbons (Fsp3) is 0.167. The second-order valence-electron chi connectivity index (χ2n) is 5.44. The molecule has 0 unspecified atom stereocenters. The van der Waals surface area contributed by atoms with Crippen LogP contribution in [0.4, 0.5) is 5.95 Å². The SMILES string of the molecule is Cn1c(-c2ccncc2)cnc1NC(=O)CCc1ccc(Cl)cc1. The molecule has 0 fully saturated rings. The second-order valence-corrected chi connectivity index (χ2v) is 5.87. The first kappa shape index (κ1) is 16.2. The molecule has 0 saturated carbocycles. The van der Waals surface area contributed by atoms with Crippen molar-refractivity contribution in [2.45, 2.75) is 12.8 Å². The lowest BCUT2D eigenvalue weighted by molar-refractivity contribution is -0.116. The van der Waals surface area contributed by atoms with E-state index in [2.05, 4.69) is 15.3 Å². The number of benzene rings is 1. The van der Waals surface area contributed by atoms with E-state index in [1.165, 1.54) is 0 Å². The number of carbonyl (C=O) groups excluding carboxylic acids is 1. The maximum Gasteiger partial charge on any atom is 0.227 e. The molecule has 0 aliphatic heterocycles. The van der Waals surface area contributed by atoms with Crippen LogP contribution in [0.5, 0.6) is 0 Å². The lowest BCUT2D eigenvalue weighted by Crippen LogP contribution is -2.15. The standard InChI is InChI=1S/C18H17ClN4O/c1-23-16(14-8-10-20-11-9-14)12-21-18(23)22-17(24)7-4-13-2-5-15(19)6-3-13/h2-3,5-6,8-12H,4,7H2,1H3,(H,21,22,24). The number of amides is 1. The summed E-state index contributed by atoms with van der Waals surface area (Å²) in [4.78, 5) is 20.4. The van der Waals surface area contributed by atoms with E-state index < -0.39 is 0 Å². The minimum absolute atomic E-state index is 0.0695. The highest BCUT2D eigenvalue weighted by atomic mass is 35.5. The topological polar surface area (TPSA) is 59.8 Å². The molecular formula is C18H17ClN4O. The number of nitrogens with zero attached hydrogens (tertiary/aromatic N) is 3.